The summed E-state index contributed by atoms with van der Waals surface area (Å²) < 4.78 is 9.53. The summed E-state index contributed by atoms with van der Waals surface area (Å²) in [6.07, 6.45) is 2.57. The molecule has 0 N–H and O–H groups in total. The topological polar surface area (TPSA) is 35.5 Å². The summed E-state index contributed by atoms with van der Waals surface area (Å²) in [4.78, 5) is 11.0. The maximum Gasteiger partial charge on any atom is 0.508 e. The van der Waals surface area contributed by atoms with Crippen LogP contribution in [-0.4, -0.2) is 13.3 Å². The van der Waals surface area contributed by atoms with E-state index in [-0.39, 0.29) is 6.10 Å². The molecular weight excluding hydrogens is 192 g/mol. The molecule has 3 heteroatoms. The second kappa shape index (κ2) is 5.86. The van der Waals surface area contributed by atoms with E-state index in [2.05, 4.69) is 4.74 Å². The van der Waals surface area contributed by atoms with E-state index in [1.807, 2.05) is 43.3 Å². The summed E-state index contributed by atoms with van der Waals surface area (Å²) in [6.45, 7) is 1.87. The van der Waals surface area contributed by atoms with Crippen LogP contribution in [0.4, 0.5) is 4.79 Å². The van der Waals surface area contributed by atoms with Crippen LogP contribution in [-0.2, 0) is 9.47 Å². The molecule has 0 bridgehead atoms. The molecule has 0 amide bonds. The van der Waals surface area contributed by atoms with Crippen molar-refractivity contribution in [3.8, 4) is 0 Å². The van der Waals surface area contributed by atoms with E-state index in [9.17, 15) is 4.79 Å². The van der Waals surface area contributed by atoms with Gasteiger partial charge in [0.15, 0.2) is 0 Å². The summed E-state index contributed by atoms with van der Waals surface area (Å²) in [5.41, 5.74) is 0.918. The highest BCUT2D eigenvalue weighted by atomic mass is 16.7. The van der Waals surface area contributed by atoms with Crippen LogP contribution in [0.3, 0.4) is 0 Å². The first-order valence-corrected chi connectivity index (χ1v) is 4.70. The van der Waals surface area contributed by atoms with Crippen LogP contribution in [0.5, 0.6) is 0 Å². The predicted octanol–water partition coefficient (Wildman–Crippen LogP) is 3.09. The number of hydrogen-bond acceptors (Lipinski definition) is 3. The van der Waals surface area contributed by atoms with Crippen molar-refractivity contribution in [3.63, 3.8) is 0 Å². The van der Waals surface area contributed by atoms with Crippen molar-refractivity contribution in [2.24, 2.45) is 0 Å². The molecule has 1 unspecified atom stereocenters. The van der Waals surface area contributed by atoms with Gasteiger partial charge in [-0.3, -0.25) is 0 Å². The number of hydrogen-bond donors (Lipinski definition) is 0. The SMILES string of the molecule is C/C=C/C(OC(=O)OC)c1ccccc1. The lowest BCUT2D eigenvalue weighted by atomic mass is 10.1. The van der Waals surface area contributed by atoms with Gasteiger partial charge in [-0.2, -0.15) is 0 Å². The van der Waals surface area contributed by atoms with Crippen molar-refractivity contribution in [1.82, 2.24) is 0 Å². The zero-order valence-electron chi connectivity index (χ0n) is 8.84. The predicted molar refractivity (Wildman–Crippen MR) is 57.5 cm³/mol. The summed E-state index contributed by atoms with van der Waals surface area (Å²) in [5, 5.41) is 0. The van der Waals surface area contributed by atoms with Gasteiger partial charge in [0.2, 0.25) is 0 Å². The van der Waals surface area contributed by atoms with E-state index in [1.54, 1.807) is 6.08 Å². The second-order valence-electron chi connectivity index (χ2n) is 2.93. The van der Waals surface area contributed by atoms with Crippen molar-refractivity contribution in [2.45, 2.75) is 13.0 Å². The maximum absolute atomic E-state index is 11.0. The summed E-state index contributed by atoms with van der Waals surface area (Å²) in [5.74, 6) is 0. The minimum Gasteiger partial charge on any atom is -0.438 e. The third kappa shape index (κ3) is 3.46. The summed E-state index contributed by atoms with van der Waals surface area (Å²) >= 11 is 0. The van der Waals surface area contributed by atoms with E-state index >= 15 is 0 Å². The van der Waals surface area contributed by atoms with Crippen LogP contribution in [0, 0.1) is 0 Å². The average molecular weight is 206 g/mol. The Labute approximate surface area is 89.3 Å². The Balaban J connectivity index is 2.79. The molecule has 0 aromatic heterocycles. The Hall–Kier alpha value is -1.77. The number of carbonyl (C=O) groups excluding carboxylic acids is 1. The maximum atomic E-state index is 11.0. The molecule has 0 spiro atoms. The van der Waals surface area contributed by atoms with Gasteiger partial charge in [0.1, 0.15) is 6.10 Å². The average Bonchev–Trinajstić information content (AvgIpc) is 2.29. The Morgan fingerprint density at radius 3 is 2.53 bits per heavy atom. The van der Waals surface area contributed by atoms with Gasteiger partial charge in [0.05, 0.1) is 7.11 Å². The van der Waals surface area contributed by atoms with E-state index in [0.29, 0.717) is 0 Å². The van der Waals surface area contributed by atoms with Crippen molar-refractivity contribution in [3.05, 3.63) is 48.0 Å². The van der Waals surface area contributed by atoms with Crippen molar-refractivity contribution in [1.29, 1.82) is 0 Å². The van der Waals surface area contributed by atoms with Crippen LogP contribution in [0.15, 0.2) is 42.5 Å². The van der Waals surface area contributed by atoms with Gasteiger partial charge in [0.25, 0.3) is 0 Å². The van der Waals surface area contributed by atoms with E-state index in [1.165, 1.54) is 7.11 Å². The van der Waals surface area contributed by atoms with E-state index in [4.69, 9.17) is 4.74 Å². The lowest BCUT2D eigenvalue weighted by Crippen LogP contribution is -2.09. The minimum atomic E-state index is -0.679. The third-order valence-corrected chi connectivity index (χ3v) is 1.89. The molecule has 0 saturated heterocycles. The molecule has 0 saturated carbocycles. The highest BCUT2D eigenvalue weighted by molar-refractivity contribution is 5.60. The molecular formula is C12H14O3. The Bertz CT molecular complexity index is 330. The first kappa shape index (κ1) is 11.3. The standard InChI is InChI=1S/C12H14O3/c1-3-7-11(15-12(13)14-2)10-8-5-4-6-9-10/h3-9,11H,1-2H3/b7-3+. The zero-order chi connectivity index (χ0) is 11.1. The van der Waals surface area contributed by atoms with Gasteiger partial charge in [-0.05, 0) is 18.6 Å². The molecule has 0 fully saturated rings. The Morgan fingerprint density at radius 1 is 1.33 bits per heavy atom. The molecule has 1 atom stereocenters. The number of benzene rings is 1. The number of allylic oxidation sites excluding steroid dienone is 1. The fourth-order valence-corrected chi connectivity index (χ4v) is 1.19. The van der Waals surface area contributed by atoms with Gasteiger partial charge in [-0.15, -0.1) is 0 Å². The molecule has 1 rings (SSSR count). The Kier molecular flexibility index (Phi) is 4.41. The molecule has 1 aromatic carbocycles. The molecule has 0 aliphatic rings. The molecule has 1 aromatic rings. The molecule has 0 radical (unpaired) electrons. The van der Waals surface area contributed by atoms with Crippen LogP contribution in [0.2, 0.25) is 0 Å². The van der Waals surface area contributed by atoms with E-state index in [0.717, 1.165) is 5.56 Å². The highest BCUT2D eigenvalue weighted by Crippen LogP contribution is 2.19. The fraction of sp³-hybridized carbons (Fsp3) is 0.250. The number of ether oxygens (including phenoxy) is 2. The van der Waals surface area contributed by atoms with Gasteiger partial charge < -0.3 is 9.47 Å². The molecule has 15 heavy (non-hydrogen) atoms. The molecule has 80 valence electrons. The Morgan fingerprint density at radius 2 is 2.00 bits per heavy atom. The van der Waals surface area contributed by atoms with Gasteiger partial charge in [-0.1, -0.05) is 36.4 Å². The second-order valence-corrected chi connectivity index (χ2v) is 2.93. The lowest BCUT2D eigenvalue weighted by molar-refractivity contribution is 0.0521. The normalized spacial score (nSPS) is 12.4. The number of rotatable bonds is 3. The lowest BCUT2D eigenvalue weighted by Gasteiger charge is -2.13. The number of methoxy groups -OCH3 is 1. The van der Waals surface area contributed by atoms with Crippen molar-refractivity contribution >= 4 is 6.16 Å². The summed E-state index contributed by atoms with van der Waals surface area (Å²) in [7, 11) is 1.29. The largest absolute Gasteiger partial charge is 0.508 e. The highest BCUT2D eigenvalue weighted by Gasteiger charge is 2.12. The van der Waals surface area contributed by atoms with Crippen LogP contribution < -0.4 is 0 Å². The molecule has 0 aliphatic heterocycles. The van der Waals surface area contributed by atoms with Crippen LogP contribution >= 0.6 is 0 Å². The summed E-state index contributed by atoms with van der Waals surface area (Å²) in [6, 6.07) is 9.49. The fourth-order valence-electron chi connectivity index (χ4n) is 1.19. The zero-order valence-corrected chi connectivity index (χ0v) is 8.84. The van der Waals surface area contributed by atoms with Gasteiger partial charge in [0, 0.05) is 0 Å². The third-order valence-electron chi connectivity index (χ3n) is 1.89. The van der Waals surface area contributed by atoms with Gasteiger partial charge >= 0.3 is 6.16 Å². The quantitative estimate of drug-likeness (QED) is 0.563. The van der Waals surface area contributed by atoms with Crippen LogP contribution in [0.1, 0.15) is 18.6 Å². The van der Waals surface area contributed by atoms with Crippen LogP contribution in [0.25, 0.3) is 0 Å². The molecule has 3 nitrogen and oxygen atoms in total. The minimum absolute atomic E-state index is 0.386. The smallest absolute Gasteiger partial charge is 0.438 e. The first-order chi connectivity index (χ1) is 7.27. The van der Waals surface area contributed by atoms with Crippen molar-refractivity contribution < 1.29 is 14.3 Å². The number of carbonyl (C=O) groups is 1. The molecule has 0 aliphatic carbocycles. The molecule has 0 heterocycles. The van der Waals surface area contributed by atoms with Gasteiger partial charge in [-0.25, -0.2) is 4.79 Å². The van der Waals surface area contributed by atoms with E-state index < -0.39 is 6.16 Å². The monoisotopic (exact) mass is 206 g/mol. The van der Waals surface area contributed by atoms with Crippen molar-refractivity contribution in [2.75, 3.05) is 7.11 Å². The first-order valence-electron chi connectivity index (χ1n) is 4.70.